The van der Waals surface area contributed by atoms with Crippen LogP contribution in [-0.2, 0) is 4.79 Å². The van der Waals surface area contributed by atoms with Gasteiger partial charge in [0.1, 0.15) is 5.15 Å². The van der Waals surface area contributed by atoms with Crippen LogP contribution in [0.3, 0.4) is 0 Å². The van der Waals surface area contributed by atoms with Crippen molar-refractivity contribution < 1.29 is 9.72 Å². The summed E-state index contributed by atoms with van der Waals surface area (Å²) in [6.45, 7) is 2.95. The lowest BCUT2D eigenvalue weighted by molar-refractivity contribution is -0.384. The maximum Gasteiger partial charge on any atom is 0.311 e. The smallest absolute Gasteiger partial charge is 0.311 e. The molecule has 0 spiro atoms. The highest BCUT2D eigenvalue weighted by molar-refractivity contribution is 6.29. The quantitative estimate of drug-likeness (QED) is 0.519. The highest BCUT2D eigenvalue weighted by atomic mass is 35.5. The number of fused-ring (bicyclic) bond motifs is 1. The van der Waals surface area contributed by atoms with Gasteiger partial charge in [0.05, 0.1) is 4.92 Å². The van der Waals surface area contributed by atoms with E-state index in [9.17, 15) is 14.9 Å². The van der Waals surface area contributed by atoms with Gasteiger partial charge in [-0.2, -0.15) is 0 Å². The molecule has 1 saturated carbocycles. The molecular formula is C12H13ClN4O3. The fourth-order valence-corrected chi connectivity index (χ4v) is 2.98. The van der Waals surface area contributed by atoms with Gasteiger partial charge in [0, 0.05) is 44.0 Å². The van der Waals surface area contributed by atoms with Crippen molar-refractivity contribution in [1.82, 2.24) is 9.88 Å². The van der Waals surface area contributed by atoms with Crippen molar-refractivity contribution in [3.05, 3.63) is 27.4 Å². The highest BCUT2D eigenvalue weighted by Gasteiger charge is 2.56. The SMILES string of the molecule is CC(=O)N1C[C@@H]2[C@H](C1)[C@H]2Nc1nc(Cl)ccc1[N+](=O)[O-]. The molecule has 1 aliphatic heterocycles. The Hall–Kier alpha value is -1.89. The van der Waals surface area contributed by atoms with Crippen molar-refractivity contribution in [2.75, 3.05) is 18.4 Å². The van der Waals surface area contributed by atoms with E-state index < -0.39 is 4.92 Å². The van der Waals surface area contributed by atoms with Crippen LogP contribution in [0.15, 0.2) is 12.1 Å². The lowest BCUT2D eigenvalue weighted by Crippen LogP contribution is -2.31. The largest absolute Gasteiger partial charge is 0.361 e. The van der Waals surface area contributed by atoms with Gasteiger partial charge >= 0.3 is 5.69 Å². The molecule has 2 aliphatic rings. The monoisotopic (exact) mass is 296 g/mol. The third-order valence-corrected chi connectivity index (χ3v) is 4.19. The maximum absolute atomic E-state index is 11.3. The van der Waals surface area contributed by atoms with Gasteiger partial charge in [0.15, 0.2) is 0 Å². The molecule has 0 unspecified atom stereocenters. The molecule has 1 aromatic heterocycles. The van der Waals surface area contributed by atoms with E-state index in [0.29, 0.717) is 24.9 Å². The molecule has 2 heterocycles. The number of aromatic nitrogens is 1. The second-order valence-corrected chi connectivity index (χ2v) is 5.57. The molecule has 1 aromatic rings. The molecule has 106 valence electrons. The van der Waals surface area contributed by atoms with Gasteiger partial charge in [0.25, 0.3) is 0 Å². The van der Waals surface area contributed by atoms with E-state index in [-0.39, 0.29) is 28.6 Å². The Morgan fingerprint density at radius 1 is 1.50 bits per heavy atom. The molecule has 0 bridgehead atoms. The van der Waals surface area contributed by atoms with E-state index in [2.05, 4.69) is 10.3 Å². The summed E-state index contributed by atoms with van der Waals surface area (Å²) in [6.07, 6.45) is 0. The number of nitrogens with zero attached hydrogens (tertiary/aromatic N) is 3. The molecule has 0 aromatic carbocycles. The number of halogens is 1. The first-order valence-corrected chi connectivity index (χ1v) is 6.68. The first-order chi connectivity index (χ1) is 9.47. The number of hydrogen-bond donors (Lipinski definition) is 1. The molecular weight excluding hydrogens is 284 g/mol. The highest BCUT2D eigenvalue weighted by Crippen LogP contribution is 2.47. The molecule has 0 radical (unpaired) electrons. The average molecular weight is 297 g/mol. The zero-order valence-electron chi connectivity index (χ0n) is 10.7. The van der Waals surface area contributed by atoms with Gasteiger partial charge in [-0.25, -0.2) is 4.98 Å². The standard InChI is InChI=1S/C12H13ClN4O3/c1-6(18)16-4-7-8(5-16)11(7)15-12-9(17(19)20)2-3-10(13)14-12/h2-3,7-8,11H,4-5H2,1H3,(H,14,15)/t7-,8+,11+. The second-order valence-electron chi connectivity index (χ2n) is 5.18. The number of carbonyl (C=O) groups excluding carboxylic acids is 1. The number of nitrogens with one attached hydrogen (secondary N) is 1. The Morgan fingerprint density at radius 2 is 2.15 bits per heavy atom. The molecule has 1 N–H and O–H groups in total. The number of amides is 1. The van der Waals surface area contributed by atoms with E-state index in [1.165, 1.54) is 12.1 Å². The van der Waals surface area contributed by atoms with Gasteiger partial charge in [-0.05, 0) is 6.07 Å². The molecule has 1 aliphatic carbocycles. The van der Waals surface area contributed by atoms with E-state index in [1.807, 2.05) is 0 Å². The van der Waals surface area contributed by atoms with Crippen LogP contribution in [0.1, 0.15) is 6.92 Å². The number of pyridine rings is 1. The Balaban J connectivity index is 1.71. The Labute approximate surface area is 120 Å². The fourth-order valence-electron chi connectivity index (χ4n) is 2.84. The van der Waals surface area contributed by atoms with Crippen molar-refractivity contribution in [2.45, 2.75) is 13.0 Å². The zero-order chi connectivity index (χ0) is 14.4. The number of likely N-dealkylation sites (tertiary alicyclic amines) is 1. The van der Waals surface area contributed by atoms with Crippen LogP contribution in [0.5, 0.6) is 0 Å². The minimum Gasteiger partial charge on any atom is -0.361 e. The number of nitro groups is 1. The summed E-state index contributed by atoms with van der Waals surface area (Å²) in [4.78, 5) is 27.5. The van der Waals surface area contributed by atoms with Crippen molar-refractivity contribution in [3.8, 4) is 0 Å². The van der Waals surface area contributed by atoms with E-state index >= 15 is 0 Å². The summed E-state index contributed by atoms with van der Waals surface area (Å²) < 4.78 is 0. The number of carbonyl (C=O) groups is 1. The van der Waals surface area contributed by atoms with Crippen LogP contribution >= 0.6 is 11.6 Å². The van der Waals surface area contributed by atoms with Crippen molar-refractivity contribution >= 4 is 29.0 Å². The van der Waals surface area contributed by atoms with Crippen LogP contribution in [0.25, 0.3) is 0 Å². The number of hydrogen-bond acceptors (Lipinski definition) is 5. The van der Waals surface area contributed by atoms with Gasteiger partial charge in [-0.15, -0.1) is 0 Å². The van der Waals surface area contributed by atoms with Crippen LogP contribution in [0, 0.1) is 22.0 Å². The summed E-state index contributed by atoms with van der Waals surface area (Å²) in [5.41, 5.74) is -0.0807. The molecule has 8 heteroatoms. The summed E-state index contributed by atoms with van der Waals surface area (Å²) in [5.74, 6) is 0.970. The van der Waals surface area contributed by atoms with Gasteiger partial charge in [0.2, 0.25) is 11.7 Å². The van der Waals surface area contributed by atoms with E-state index in [4.69, 9.17) is 11.6 Å². The average Bonchev–Trinajstić information content (AvgIpc) is 2.84. The molecule has 1 saturated heterocycles. The summed E-state index contributed by atoms with van der Waals surface area (Å²) in [6, 6.07) is 2.88. The summed E-state index contributed by atoms with van der Waals surface area (Å²) >= 11 is 5.78. The number of anilines is 1. The molecule has 3 atom stereocenters. The fraction of sp³-hybridized carbons (Fsp3) is 0.500. The summed E-state index contributed by atoms with van der Waals surface area (Å²) in [5, 5.41) is 14.3. The number of piperidine rings is 1. The van der Waals surface area contributed by atoms with Crippen LogP contribution in [-0.4, -0.2) is 39.8 Å². The minimum absolute atomic E-state index is 0.0720. The van der Waals surface area contributed by atoms with Crippen molar-refractivity contribution in [2.24, 2.45) is 11.8 Å². The third-order valence-electron chi connectivity index (χ3n) is 3.98. The molecule has 7 nitrogen and oxygen atoms in total. The second kappa shape index (κ2) is 4.59. The predicted octanol–water partition coefficient (Wildman–Crippen LogP) is 1.53. The van der Waals surface area contributed by atoms with Gasteiger partial charge in [-0.1, -0.05) is 11.6 Å². The van der Waals surface area contributed by atoms with Crippen LogP contribution < -0.4 is 5.32 Å². The minimum atomic E-state index is -0.480. The molecule has 2 fully saturated rings. The Bertz CT molecular complexity index is 582. The third kappa shape index (κ3) is 2.18. The van der Waals surface area contributed by atoms with Crippen LogP contribution in [0.2, 0.25) is 5.15 Å². The normalized spacial score (nSPS) is 27.1. The Morgan fingerprint density at radius 3 is 2.70 bits per heavy atom. The first kappa shape index (κ1) is 13.1. The lowest BCUT2D eigenvalue weighted by Gasteiger charge is -2.18. The maximum atomic E-state index is 11.3. The molecule has 1 amide bonds. The number of rotatable bonds is 3. The molecule has 3 rings (SSSR count). The van der Waals surface area contributed by atoms with Gasteiger partial charge in [-0.3, -0.25) is 14.9 Å². The first-order valence-electron chi connectivity index (χ1n) is 6.30. The van der Waals surface area contributed by atoms with E-state index in [0.717, 1.165) is 0 Å². The van der Waals surface area contributed by atoms with Crippen molar-refractivity contribution in [1.29, 1.82) is 0 Å². The van der Waals surface area contributed by atoms with Crippen LogP contribution in [0.4, 0.5) is 11.5 Å². The summed E-state index contributed by atoms with van der Waals surface area (Å²) in [7, 11) is 0. The lowest BCUT2D eigenvalue weighted by atomic mass is 10.3. The molecule has 20 heavy (non-hydrogen) atoms. The van der Waals surface area contributed by atoms with Crippen molar-refractivity contribution in [3.63, 3.8) is 0 Å². The predicted molar refractivity (Wildman–Crippen MR) is 72.5 cm³/mol. The van der Waals surface area contributed by atoms with Gasteiger partial charge < -0.3 is 10.2 Å². The van der Waals surface area contributed by atoms with E-state index in [1.54, 1.807) is 11.8 Å². The zero-order valence-corrected chi connectivity index (χ0v) is 11.5. The Kier molecular flexibility index (Phi) is 3.01. The topological polar surface area (TPSA) is 88.4 Å².